The number of rotatable bonds is 9. The van der Waals surface area contributed by atoms with Gasteiger partial charge in [-0.1, -0.05) is 61.2 Å². The molecule has 0 aliphatic carbocycles. The Morgan fingerprint density at radius 1 is 1.14 bits per heavy atom. The summed E-state index contributed by atoms with van der Waals surface area (Å²) in [7, 11) is 0. The van der Waals surface area contributed by atoms with E-state index in [9.17, 15) is 4.79 Å². The Hall–Kier alpha value is -2.15. The summed E-state index contributed by atoms with van der Waals surface area (Å²) in [6, 6.07) is 9.99. The van der Waals surface area contributed by atoms with E-state index in [2.05, 4.69) is 18.7 Å². The fourth-order valence-corrected chi connectivity index (χ4v) is 2.14. The fourth-order valence-electron chi connectivity index (χ4n) is 2.14. The van der Waals surface area contributed by atoms with Crippen LogP contribution in [0.5, 0.6) is 0 Å². The van der Waals surface area contributed by atoms with Crippen molar-refractivity contribution >= 4 is 11.9 Å². The van der Waals surface area contributed by atoms with Crippen molar-refractivity contribution in [2.24, 2.45) is 0 Å². The Balaban J connectivity index is 2.62. The largest absolute Gasteiger partial charge is 0.289 e. The van der Waals surface area contributed by atoms with E-state index in [-0.39, 0.29) is 5.78 Å². The van der Waals surface area contributed by atoms with Crippen LogP contribution < -0.4 is 0 Å². The molecule has 1 aromatic carbocycles. The van der Waals surface area contributed by atoms with Gasteiger partial charge in [-0.2, -0.15) is 0 Å². The summed E-state index contributed by atoms with van der Waals surface area (Å²) < 4.78 is 0. The average Bonchev–Trinajstić information content (AvgIpc) is 2.53. The third-order valence-corrected chi connectivity index (χ3v) is 3.33. The van der Waals surface area contributed by atoms with Gasteiger partial charge in [-0.05, 0) is 56.7 Å². The Kier molecular flexibility index (Phi) is 8.59. The predicted octanol–water partition coefficient (Wildman–Crippen LogP) is 5.91. The highest BCUT2D eigenvalue weighted by Gasteiger charge is 2.10. The number of unbranched alkanes of at least 4 members (excludes halogenated alkanes) is 2. The van der Waals surface area contributed by atoms with E-state index in [1.165, 1.54) is 0 Å². The molecule has 0 aliphatic rings. The predicted molar refractivity (Wildman–Crippen MR) is 96.7 cm³/mol. The van der Waals surface area contributed by atoms with E-state index in [1.807, 2.05) is 55.5 Å². The number of ketones is 1. The maximum absolute atomic E-state index is 12.3. The van der Waals surface area contributed by atoms with Crippen molar-refractivity contribution in [3.8, 4) is 0 Å². The molecule has 0 bridgehead atoms. The van der Waals surface area contributed by atoms with Gasteiger partial charge in [0.15, 0.2) is 5.78 Å². The molecule has 0 saturated carbocycles. The molecule has 1 aromatic rings. The molecule has 0 aromatic heterocycles. The van der Waals surface area contributed by atoms with Gasteiger partial charge in [0.1, 0.15) is 0 Å². The van der Waals surface area contributed by atoms with Crippen LogP contribution in [0.2, 0.25) is 0 Å². The molecule has 0 unspecified atom stereocenters. The second kappa shape index (κ2) is 10.6. The highest BCUT2D eigenvalue weighted by molar-refractivity contribution is 6.10. The normalized spacial score (nSPS) is 12.2. The molecule has 0 aliphatic heterocycles. The van der Waals surface area contributed by atoms with Crippen molar-refractivity contribution in [2.45, 2.75) is 39.5 Å². The molecule has 0 spiro atoms. The number of allylic oxidation sites excluding steroid dienone is 6. The lowest BCUT2D eigenvalue weighted by Crippen LogP contribution is -2.03. The number of Topliss-reactive ketones (excluding diaryl/α,β-unsaturated/α-hetero) is 1. The van der Waals surface area contributed by atoms with Crippen molar-refractivity contribution < 1.29 is 4.79 Å². The molecule has 22 heavy (non-hydrogen) atoms. The zero-order valence-electron chi connectivity index (χ0n) is 13.7. The van der Waals surface area contributed by atoms with E-state index < -0.39 is 0 Å². The van der Waals surface area contributed by atoms with Gasteiger partial charge in [0.2, 0.25) is 0 Å². The van der Waals surface area contributed by atoms with Gasteiger partial charge in [0, 0.05) is 5.57 Å². The third-order valence-electron chi connectivity index (χ3n) is 3.33. The standard InChI is InChI=1S/C21H26O/c1-4-5-6-7-8-9-13-16-20(21(22)18(2)3)17-19-14-11-10-12-15-19/h4-7,10-12,14-15,17H,2,8-9,13,16H2,1,3H3/b5-4+,7-6+,20-17+. The summed E-state index contributed by atoms with van der Waals surface area (Å²) >= 11 is 0. The van der Waals surface area contributed by atoms with Crippen LogP contribution in [0.15, 0.2) is 72.4 Å². The average molecular weight is 294 g/mol. The molecule has 0 amide bonds. The van der Waals surface area contributed by atoms with Gasteiger partial charge in [0.05, 0.1) is 0 Å². The second-order valence-corrected chi connectivity index (χ2v) is 5.39. The Bertz CT molecular complexity index is 559. The molecular weight excluding hydrogens is 268 g/mol. The molecule has 116 valence electrons. The summed E-state index contributed by atoms with van der Waals surface area (Å²) in [5.74, 6) is 0.0771. The van der Waals surface area contributed by atoms with Crippen molar-refractivity contribution in [3.63, 3.8) is 0 Å². The van der Waals surface area contributed by atoms with Crippen molar-refractivity contribution in [1.29, 1.82) is 0 Å². The summed E-state index contributed by atoms with van der Waals surface area (Å²) in [6.07, 6.45) is 14.2. The van der Waals surface area contributed by atoms with E-state index in [0.717, 1.165) is 36.8 Å². The maximum Gasteiger partial charge on any atom is 0.184 e. The minimum absolute atomic E-state index is 0.0771. The van der Waals surface area contributed by atoms with Gasteiger partial charge >= 0.3 is 0 Å². The molecular formula is C21H26O. The van der Waals surface area contributed by atoms with E-state index in [4.69, 9.17) is 0 Å². The van der Waals surface area contributed by atoms with E-state index >= 15 is 0 Å². The monoisotopic (exact) mass is 294 g/mol. The summed E-state index contributed by atoms with van der Waals surface area (Å²) in [6.45, 7) is 7.57. The summed E-state index contributed by atoms with van der Waals surface area (Å²) in [4.78, 5) is 12.3. The third kappa shape index (κ3) is 7.03. The molecule has 0 heterocycles. The van der Waals surface area contributed by atoms with E-state index in [0.29, 0.717) is 5.57 Å². The first-order valence-corrected chi connectivity index (χ1v) is 7.88. The van der Waals surface area contributed by atoms with Crippen LogP contribution in [0, 0.1) is 0 Å². The van der Waals surface area contributed by atoms with Crippen LogP contribution in [0.25, 0.3) is 6.08 Å². The zero-order chi connectivity index (χ0) is 16.2. The van der Waals surface area contributed by atoms with Gasteiger partial charge in [-0.15, -0.1) is 0 Å². The first kappa shape index (κ1) is 17.9. The number of carbonyl (C=O) groups excluding carboxylic acids is 1. The van der Waals surface area contributed by atoms with Crippen molar-refractivity contribution in [1.82, 2.24) is 0 Å². The highest BCUT2D eigenvalue weighted by atomic mass is 16.1. The van der Waals surface area contributed by atoms with E-state index in [1.54, 1.807) is 6.92 Å². The molecule has 0 atom stereocenters. The highest BCUT2D eigenvalue weighted by Crippen LogP contribution is 2.17. The minimum atomic E-state index is 0.0771. The number of benzene rings is 1. The Morgan fingerprint density at radius 2 is 1.86 bits per heavy atom. The van der Waals surface area contributed by atoms with Gasteiger partial charge in [0.25, 0.3) is 0 Å². The van der Waals surface area contributed by atoms with Crippen LogP contribution >= 0.6 is 0 Å². The molecule has 0 N–H and O–H groups in total. The van der Waals surface area contributed by atoms with Crippen LogP contribution in [0.3, 0.4) is 0 Å². The Labute approximate surface area is 134 Å². The second-order valence-electron chi connectivity index (χ2n) is 5.39. The molecule has 1 nitrogen and oxygen atoms in total. The minimum Gasteiger partial charge on any atom is -0.289 e. The summed E-state index contributed by atoms with van der Waals surface area (Å²) in [5, 5.41) is 0. The van der Waals surface area contributed by atoms with Gasteiger partial charge in [-0.25, -0.2) is 0 Å². The van der Waals surface area contributed by atoms with Crippen LogP contribution in [0.4, 0.5) is 0 Å². The number of hydrogen-bond acceptors (Lipinski definition) is 1. The molecule has 0 saturated heterocycles. The smallest absolute Gasteiger partial charge is 0.184 e. The maximum atomic E-state index is 12.3. The quantitative estimate of drug-likeness (QED) is 0.314. The summed E-state index contributed by atoms with van der Waals surface area (Å²) in [5.41, 5.74) is 2.53. The first-order chi connectivity index (χ1) is 10.6. The molecule has 0 radical (unpaired) electrons. The zero-order valence-corrected chi connectivity index (χ0v) is 13.7. The lowest BCUT2D eigenvalue weighted by atomic mass is 9.97. The first-order valence-electron chi connectivity index (χ1n) is 7.88. The van der Waals surface area contributed by atoms with Crippen molar-refractivity contribution in [2.75, 3.05) is 0 Å². The lowest BCUT2D eigenvalue weighted by molar-refractivity contribution is -0.112. The number of carbonyl (C=O) groups is 1. The van der Waals surface area contributed by atoms with Crippen molar-refractivity contribution in [3.05, 3.63) is 77.9 Å². The van der Waals surface area contributed by atoms with Crippen LogP contribution in [0.1, 0.15) is 45.1 Å². The molecule has 0 fully saturated rings. The van der Waals surface area contributed by atoms with Gasteiger partial charge < -0.3 is 0 Å². The lowest BCUT2D eigenvalue weighted by Gasteiger charge is -2.06. The van der Waals surface area contributed by atoms with Crippen LogP contribution in [-0.4, -0.2) is 5.78 Å². The molecule has 1 heteroatoms. The fraction of sp³-hybridized carbons (Fsp3) is 0.286. The van der Waals surface area contributed by atoms with Crippen LogP contribution in [-0.2, 0) is 4.79 Å². The molecule has 1 rings (SSSR count). The van der Waals surface area contributed by atoms with Gasteiger partial charge in [-0.3, -0.25) is 4.79 Å². The topological polar surface area (TPSA) is 17.1 Å². The Morgan fingerprint density at radius 3 is 2.50 bits per heavy atom. The number of hydrogen-bond donors (Lipinski definition) is 0. The SMILES string of the molecule is C=C(C)C(=O)/C(=C/c1ccccc1)CCCC/C=C/C=C/C.